The van der Waals surface area contributed by atoms with Gasteiger partial charge in [-0.1, -0.05) is 0 Å². The number of carboxylic acids is 1. The fraction of sp³-hybridized carbons (Fsp3) is 0.800. The first-order valence-electron chi connectivity index (χ1n) is 5.01. The minimum absolute atomic E-state index is 0.0413. The summed E-state index contributed by atoms with van der Waals surface area (Å²) in [6.45, 7) is 2.39. The van der Waals surface area contributed by atoms with E-state index in [-0.39, 0.29) is 12.3 Å². The van der Waals surface area contributed by atoms with Crippen molar-refractivity contribution in [3.63, 3.8) is 0 Å². The summed E-state index contributed by atoms with van der Waals surface area (Å²) in [5.74, 6) is -0.967. The number of aliphatic carboxylic acids is 1. The Morgan fingerprint density at radius 1 is 1.53 bits per heavy atom. The Hall–Kier alpha value is -1.10. The second kappa shape index (κ2) is 4.61. The van der Waals surface area contributed by atoms with E-state index < -0.39 is 11.5 Å². The molecule has 1 saturated heterocycles. The summed E-state index contributed by atoms with van der Waals surface area (Å²) in [6.07, 6.45) is 1.50. The lowest BCUT2D eigenvalue weighted by Crippen LogP contribution is -2.51. The van der Waals surface area contributed by atoms with Crippen molar-refractivity contribution in [1.29, 1.82) is 0 Å². The van der Waals surface area contributed by atoms with Gasteiger partial charge < -0.3 is 14.7 Å². The Labute approximate surface area is 89.0 Å². The zero-order valence-electron chi connectivity index (χ0n) is 9.15. The first-order valence-corrected chi connectivity index (χ1v) is 5.01. The molecule has 1 heterocycles. The van der Waals surface area contributed by atoms with Gasteiger partial charge in [0.15, 0.2) is 0 Å². The van der Waals surface area contributed by atoms with Gasteiger partial charge in [-0.05, 0) is 12.8 Å². The second-order valence-corrected chi connectivity index (χ2v) is 4.00. The smallest absolute Gasteiger partial charge is 0.305 e. The Balaban J connectivity index is 2.86. The fourth-order valence-corrected chi connectivity index (χ4v) is 2.36. The first-order chi connectivity index (χ1) is 7.02. The van der Waals surface area contributed by atoms with E-state index in [1.54, 1.807) is 4.90 Å². The number of carboxylic acid groups (broad SMARTS) is 1. The molecule has 5 nitrogen and oxygen atoms in total. The quantitative estimate of drug-likeness (QED) is 0.741. The molecule has 0 saturated carbocycles. The Morgan fingerprint density at radius 2 is 2.20 bits per heavy atom. The molecule has 0 aromatic carbocycles. The third kappa shape index (κ3) is 2.47. The van der Waals surface area contributed by atoms with Gasteiger partial charge in [-0.15, -0.1) is 0 Å². The van der Waals surface area contributed by atoms with E-state index in [0.717, 1.165) is 6.42 Å². The Morgan fingerprint density at radius 3 is 2.67 bits per heavy atom. The van der Waals surface area contributed by atoms with Crippen molar-refractivity contribution in [1.82, 2.24) is 4.90 Å². The molecule has 0 unspecified atom stereocenters. The Kier molecular flexibility index (Phi) is 3.68. The molecule has 0 spiro atoms. The zero-order valence-corrected chi connectivity index (χ0v) is 9.15. The first kappa shape index (κ1) is 12.0. The van der Waals surface area contributed by atoms with Gasteiger partial charge in [-0.25, -0.2) is 0 Å². The van der Waals surface area contributed by atoms with Crippen LogP contribution in [0.1, 0.15) is 26.2 Å². The maximum Gasteiger partial charge on any atom is 0.305 e. The van der Waals surface area contributed by atoms with Crippen LogP contribution in [0.4, 0.5) is 0 Å². The summed E-state index contributed by atoms with van der Waals surface area (Å²) in [6, 6.07) is 0. The molecule has 0 aliphatic carbocycles. The van der Waals surface area contributed by atoms with Gasteiger partial charge >= 0.3 is 5.97 Å². The van der Waals surface area contributed by atoms with Gasteiger partial charge in [0.25, 0.3) is 0 Å². The largest absolute Gasteiger partial charge is 0.481 e. The average Bonchev–Trinajstić information content (AvgIpc) is 2.47. The molecular formula is C10H17NO4. The lowest BCUT2D eigenvalue weighted by atomic mass is 9.93. The van der Waals surface area contributed by atoms with Gasteiger partial charge in [0.05, 0.1) is 18.6 Å². The number of likely N-dealkylation sites (tertiary alicyclic amines) is 1. The molecule has 1 aliphatic rings. The molecule has 1 atom stereocenters. The molecule has 5 heteroatoms. The zero-order chi connectivity index (χ0) is 11.5. The minimum Gasteiger partial charge on any atom is -0.481 e. The van der Waals surface area contributed by atoms with Crippen LogP contribution in [0.25, 0.3) is 0 Å². The number of hydrogen-bond donors (Lipinski definition) is 1. The molecular weight excluding hydrogens is 198 g/mol. The number of hydrogen-bond acceptors (Lipinski definition) is 3. The van der Waals surface area contributed by atoms with E-state index in [9.17, 15) is 9.59 Å². The number of nitrogens with zero attached hydrogens (tertiary/aromatic N) is 1. The van der Waals surface area contributed by atoms with Crippen molar-refractivity contribution in [2.75, 3.05) is 20.3 Å². The van der Waals surface area contributed by atoms with Crippen LogP contribution in [-0.2, 0) is 14.3 Å². The van der Waals surface area contributed by atoms with Crippen molar-refractivity contribution in [2.24, 2.45) is 0 Å². The molecule has 0 radical (unpaired) electrons. The van der Waals surface area contributed by atoms with Gasteiger partial charge in [0.1, 0.15) is 0 Å². The summed E-state index contributed by atoms with van der Waals surface area (Å²) < 4.78 is 5.05. The van der Waals surface area contributed by atoms with Crippen LogP contribution < -0.4 is 0 Å². The second-order valence-electron chi connectivity index (χ2n) is 4.00. The van der Waals surface area contributed by atoms with Crippen LogP contribution in [0.5, 0.6) is 0 Å². The summed E-state index contributed by atoms with van der Waals surface area (Å²) in [5.41, 5.74) is -0.633. The standard InChI is InChI=1S/C10H17NO4/c1-8(12)11-5-3-4-10(11,7-15-2)6-9(13)14/h3-7H2,1-2H3,(H,13,14)/t10-/m1/s1. The summed E-state index contributed by atoms with van der Waals surface area (Å²) in [4.78, 5) is 23.8. The molecule has 15 heavy (non-hydrogen) atoms. The van der Waals surface area contributed by atoms with Gasteiger partial charge in [0.2, 0.25) is 5.91 Å². The highest BCUT2D eigenvalue weighted by atomic mass is 16.5. The highest BCUT2D eigenvalue weighted by Crippen LogP contribution is 2.32. The third-order valence-corrected chi connectivity index (χ3v) is 2.87. The van der Waals surface area contributed by atoms with Crippen LogP contribution in [0.15, 0.2) is 0 Å². The molecule has 1 rings (SSSR count). The SMILES string of the molecule is COC[C@]1(CC(=O)O)CCCN1C(C)=O. The van der Waals surface area contributed by atoms with Crippen molar-refractivity contribution >= 4 is 11.9 Å². The lowest BCUT2D eigenvalue weighted by Gasteiger charge is -2.36. The Bertz CT molecular complexity index is 266. The molecule has 1 amide bonds. The normalized spacial score (nSPS) is 25.6. The van der Waals surface area contributed by atoms with E-state index in [1.165, 1.54) is 14.0 Å². The number of ether oxygens (including phenoxy) is 1. The molecule has 86 valence electrons. The van der Waals surface area contributed by atoms with Crippen LogP contribution in [0.2, 0.25) is 0 Å². The van der Waals surface area contributed by atoms with E-state index >= 15 is 0 Å². The highest BCUT2D eigenvalue weighted by molar-refractivity contribution is 5.76. The minimum atomic E-state index is -0.889. The van der Waals surface area contributed by atoms with Gasteiger partial charge in [-0.2, -0.15) is 0 Å². The third-order valence-electron chi connectivity index (χ3n) is 2.87. The number of methoxy groups -OCH3 is 1. The fourth-order valence-electron chi connectivity index (χ4n) is 2.36. The van der Waals surface area contributed by atoms with Crippen molar-refractivity contribution in [3.05, 3.63) is 0 Å². The summed E-state index contributed by atoms with van der Waals surface area (Å²) in [7, 11) is 1.53. The molecule has 0 bridgehead atoms. The summed E-state index contributed by atoms with van der Waals surface area (Å²) >= 11 is 0. The number of carbonyl (C=O) groups is 2. The van der Waals surface area contributed by atoms with Crippen molar-refractivity contribution < 1.29 is 19.4 Å². The van der Waals surface area contributed by atoms with Gasteiger partial charge in [-0.3, -0.25) is 9.59 Å². The number of amides is 1. The average molecular weight is 215 g/mol. The van der Waals surface area contributed by atoms with Crippen molar-refractivity contribution in [2.45, 2.75) is 31.7 Å². The van der Waals surface area contributed by atoms with E-state index in [1.807, 2.05) is 0 Å². The molecule has 0 aromatic heterocycles. The maximum absolute atomic E-state index is 11.4. The predicted octanol–water partition coefficient (Wildman–Crippen LogP) is 0.489. The number of carbonyl (C=O) groups excluding carboxylic acids is 1. The number of rotatable bonds is 4. The molecule has 0 aromatic rings. The van der Waals surface area contributed by atoms with E-state index in [2.05, 4.69) is 0 Å². The maximum atomic E-state index is 11.4. The van der Waals surface area contributed by atoms with Crippen LogP contribution in [0, 0.1) is 0 Å². The van der Waals surface area contributed by atoms with Crippen LogP contribution in [0.3, 0.4) is 0 Å². The monoisotopic (exact) mass is 215 g/mol. The predicted molar refractivity (Wildman–Crippen MR) is 53.5 cm³/mol. The van der Waals surface area contributed by atoms with Crippen molar-refractivity contribution in [3.8, 4) is 0 Å². The lowest BCUT2D eigenvalue weighted by molar-refractivity contribution is -0.145. The van der Waals surface area contributed by atoms with Crippen LogP contribution in [-0.4, -0.2) is 47.7 Å². The molecule has 1 aliphatic heterocycles. The van der Waals surface area contributed by atoms with E-state index in [4.69, 9.17) is 9.84 Å². The van der Waals surface area contributed by atoms with E-state index in [0.29, 0.717) is 19.6 Å². The summed E-state index contributed by atoms with van der Waals surface area (Å²) in [5, 5.41) is 8.87. The van der Waals surface area contributed by atoms with Crippen LogP contribution >= 0.6 is 0 Å². The molecule has 1 fully saturated rings. The van der Waals surface area contributed by atoms with Gasteiger partial charge in [0, 0.05) is 20.6 Å². The highest BCUT2D eigenvalue weighted by Gasteiger charge is 2.44. The molecule has 1 N–H and O–H groups in total. The topological polar surface area (TPSA) is 66.8 Å².